The number of benzene rings is 5. The van der Waals surface area contributed by atoms with Crippen molar-refractivity contribution < 1.29 is 4.42 Å². The Morgan fingerprint density at radius 3 is 2.17 bits per heavy atom. The summed E-state index contributed by atoms with van der Waals surface area (Å²) in [4.78, 5) is 0. The zero-order valence-corrected chi connectivity index (χ0v) is 15.6. The van der Waals surface area contributed by atoms with Gasteiger partial charge in [-0.15, -0.1) is 0 Å². The highest BCUT2D eigenvalue weighted by molar-refractivity contribution is 6.14. The molecule has 2 heteroatoms. The molecule has 2 nitrogen and oxygen atoms in total. The molecule has 1 N–H and O–H groups in total. The third kappa shape index (κ3) is 2.39. The lowest BCUT2D eigenvalue weighted by molar-refractivity contribution is 0.669. The van der Waals surface area contributed by atoms with Gasteiger partial charge in [0.05, 0.1) is 0 Å². The molecular formula is C27H17NO. The quantitative estimate of drug-likeness (QED) is 0.247. The maximum atomic E-state index is 7.76. The summed E-state index contributed by atoms with van der Waals surface area (Å²) in [7, 11) is 0. The van der Waals surface area contributed by atoms with Gasteiger partial charge in [0.15, 0.2) is 0 Å². The van der Waals surface area contributed by atoms with Crippen molar-refractivity contribution in [2.24, 2.45) is 0 Å². The average Bonchev–Trinajstić information content (AvgIpc) is 3.16. The number of furan rings is 1. The van der Waals surface area contributed by atoms with Crippen LogP contribution < -0.4 is 0 Å². The summed E-state index contributed by atoms with van der Waals surface area (Å²) < 4.78 is 6.01. The molecule has 1 aromatic heterocycles. The summed E-state index contributed by atoms with van der Waals surface area (Å²) >= 11 is 0. The number of rotatable bonds is 2. The van der Waals surface area contributed by atoms with Gasteiger partial charge in [-0.2, -0.15) is 0 Å². The van der Waals surface area contributed by atoms with Crippen LogP contribution >= 0.6 is 0 Å². The molecule has 0 aliphatic heterocycles. The minimum Gasteiger partial charge on any atom is -0.456 e. The van der Waals surface area contributed by atoms with E-state index in [4.69, 9.17) is 9.83 Å². The number of hydrogen-bond acceptors (Lipinski definition) is 2. The second-order valence-electron chi connectivity index (χ2n) is 7.40. The summed E-state index contributed by atoms with van der Waals surface area (Å²) in [5.41, 5.74) is 4.88. The Kier molecular flexibility index (Phi) is 3.35. The molecule has 136 valence electrons. The van der Waals surface area contributed by atoms with Gasteiger partial charge in [-0.3, -0.25) is 0 Å². The van der Waals surface area contributed by atoms with Crippen LogP contribution in [0.2, 0.25) is 0 Å². The van der Waals surface area contributed by atoms with Crippen LogP contribution in [-0.4, -0.2) is 6.21 Å². The van der Waals surface area contributed by atoms with Crippen LogP contribution in [-0.2, 0) is 0 Å². The van der Waals surface area contributed by atoms with Gasteiger partial charge in [-0.05, 0) is 56.9 Å². The van der Waals surface area contributed by atoms with Crippen LogP contribution in [0.25, 0.3) is 54.6 Å². The largest absolute Gasteiger partial charge is 0.456 e. The molecule has 0 saturated heterocycles. The fourth-order valence-corrected chi connectivity index (χ4v) is 4.34. The zero-order chi connectivity index (χ0) is 19.4. The Morgan fingerprint density at radius 1 is 0.586 bits per heavy atom. The van der Waals surface area contributed by atoms with Gasteiger partial charge in [-0.1, -0.05) is 66.7 Å². The Labute approximate surface area is 167 Å². The smallest absolute Gasteiger partial charge is 0.136 e. The molecule has 0 amide bonds. The van der Waals surface area contributed by atoms with E-state index in [0.717, 1.165) is 33.1 Å². The molecule has 6 aromatic rings. The lowest BCUT2D eigenvalue weighted by Crippen LogP contribution is -1.83. The highest BCUT2D eigenvalue weighted by Crippen LogP contribution is 2.35. The SMILES string of the molecule is N=Cc1cccc2oc3ccc(-c4ccc5ccc6ccccc6c5c4)cc3c12. The highest BCUT2D eigenvalue weighted by Gasteiger charge is 2.12. The third-order valence-electron chi connectivity index (χ3n) is 5.76. The molecule has 0 saturated carbocycles. The standard InChI is InChI=1S/C27H17NO/c28-16-21-5-3-7-26-27(21)24-15-20(12-13-25(24)29-26)19-11-10-18-9-8-17-4-1-2-6-22(17)23(18)14-19/h1-16,28H. The predicted molar refractivity (Wildman–Crippen MR) is 122 cm³/mol. The van der Waals surface area contributed by atoms with Crippen LogP contribution in [0.3, 0.4) is 0 Å². The predicted octanol–water partition coefficient (Wildman–Crippen LogP) is 7.56. The molecule has 0 aliphatic rings. The molecule has 0 bridgehead atoms. The molecule has 1 heterocycles. The molecule has 5 aromatic carbocycles. The van der Waals surface area contributed by atoms with Crippen LogP contribution in [0.4, 0.5) is 0 Å². The van der Waals surface area contributed by atoms with E-state index >= 15 is 0 Å². The van der Waals surface area contributed by atoms with Gasteiger partial charge >= 0.3 is 0 Å². The summed E-state index contributed by atoms with van der Waals surface area (Å²) in [6.07, 6.45) is 1.39. The van der Waals surface area contributed by atoms with Crippen LogP contribution in [0, 0.1) is 5.41 Å². The van der Waals surface area contributed by atoms with Crippen LogP contribution in [0.15, 0.2) is 95.4 Å². The van der Waals surface area contributed by atoms with E-state index in [1.54, 1.807) is 0 Å². The van der Waals surface area contributed by atoms with Crippen LogP contribution in [0.5, 0.6) is 0 Å². The molecule has 29 heavy (non-hydrogen) atoms. The maximum absolute atomic E-state index is 7.76. The van der Waals surface area contributed by atoms with E-state index in [9.17, 15) is 0 Å². The van der Waals surface area contributed by atoms with E-state index < -0.39 is 0 Å². The fourth-order valence-electron chi connectivity index (χ4n) is 4.34. The van der Waals surface area contributed by atoms with Crippen molar-refractivity contribution in [2.75, 3.05) is 0 Å². The normalized spacial score (nSPS) is 11.6. The third-order valence-corrected chi connectivity index (χ3v) is 5.76. The average molecular weight is 371 g/mol. The van der Waals surface area contributed by atoms with Gasteiger partial charge in [0.1, 0.15) is 11.2 Å². The lowest BCUT2D eigenvalue weighted by atomic mass is 9.96. The second-order valence-corrected chi connectivity index (χ2v) is 7.40. The molecule has 0 unspecified atom stereocenters. The summed E-state index contributed by atoms with van der Waals surface area (Å²) in [5.74, 6) is 0. The molecular weight excluding hydrogens is 354 g/mol. The topological polar surface area (TPSA) is 37.0 Å². The number of hydrogen-bond donors (Lipinski definition) is 1. The molecule has 0 radical (unpaired) electrons. The number of nitrogens with one attached hydrogen (secondary N) is 1. The van der Waals surface area contributed by atoms with Crippen LogP contribution in [0.1, 0.15) is 5.56 Å². The molecule has 0 atom stereocenters. The summed E-state index contributed by atoms with van der Waals surface area (Å²) in [6, 6.07) is 31.7. The van der Waals surface area contributed by atoms with E-state index in [1.165, 1.54) is 33.3 Å². The number of fused-ring (bicyclic) bond motifs is 6. The van der Waals surface area contributed by atoms with Gasteiger partial charge in [0.25, 0.3) is 0 Å². The molecule has 0 aliphatic carbocycles. The first-order chi connectivity index (χ1) is 14.3. The van der Waals surface area contributed by atoms with E-state index in [0.29, 0.717) is 0 Å². The molecule has 0 fully saturated rings. The van der Waals surface area contributed by atoms with Crippen molar-refractivity contribution in [1.82, 2.24) is 0 Å². The first-order valence-corrected chi connectivity index (χ1v) is 9.69. The Hall–Kier alpha value is -3.91. The first-order valence-electron chi connectivity index (χ1n) is 9.69. The first kappa shape index (κ1) is 16.1. The monoisotopic (exact) mass is 371 g/mol. The zero-order valence-electron chi connectivity index (χ0n) is 15.6. The Morgan fingerprint density at radius 2 is 1.31 bits per heavy atom. The maximum Gasteiger partial charge on any atom is 0.136 e. The van der Waals surface area contributed by atoms with Crippen molar-refractivity contribution in [2.45, 2.75) is 0 Å². The fraction of sp³-hybridized carbons (Fsp3) is 0. The van der Waals surface area contributed by atoms with Crippen molar-refractivity contribution in [3.63, 3.8) is 0 Å². The van der Waals surface area contributed by atoms with Gasteiger partial charge in [0.2, 0.25) is 0 Å². The van der Waals surface area contributed by atoms with Gasteiger partial charge in [0, 0.05) is 22.6 Å². The van der Waals surface area contributed by atoms with Gasteiger partial charge in [-0.25, -0.2) is 0 Å². The molecule has 0 spiro atoms. The van der Waals surface area contributed by atoms with Crippen molar-refractivity contribution in [1.29, 1.82) is 5.41 Å². The second kappa shape index (κ2) is 6.05. The minimum atomic E-state index is 0.822. The molecule has 6 rings (SSSR count). The summed E-state index contributed by atoms with van der Waals surface area (Å²) in [5, 5.41) is 14.8. The van der Waals surface area contributed by atoms with E-state index in [-0.39, 0.29) is 0 Å². The summed E-state index contributed by atoms with van der Waals surface area (Å²) in [6.45, 7) is 0. The minimum absolute atomic E-state index is 0.822. The lowest BCUT2D eigenvalue weighted by Gasteiger charge is -2.08. The van der Waals surface area contributed by atoms with Crippen molar-refractivity contribution in [3.8, 4) is 11.1 Å². The Bertz CT molecular complexity index is 1570. The van der Waals surface area contributed by atoms with Crippen molar-refractivity contribution >= 4 is 49.7 Å². The van der Waals surface area contributed by atoms with Crippen molar-refractivity contribution in [3.05, 3.63) is 96.6 Å². The van der Waals surface area contributed by atoms with E-state index in [2.05, 4.69) is 66.7 Å². The highest BCUT2D eigenvalue weighted by atomic mass is 16.3. The van der Waals surface area contributed by atoms with Gasteiger partial charge < -0.3 is 9.83 Å². The Balaban J connectivity index is 1.63. The van der Waals surface area contributed by atoms with E-state index in [1.807, 2.05) is 24.3 Å².